The van der Waals surface area contributed by atoms with Crippen molar-refractivity contribution in [1.29, 1.82) is 0 Å². The molecule has 17 heavy (non-hydrogen) atoms. The Hall–Kier alpha value is -2.24. The van der Waals surface area contributed by atoms with E-state index in [9.17, 15) is 24.8 Å². The molecule has 6 heteroatoms. The lowest BCUT2D eigenvalue weighted by Crippen LogP contribution is -2.30. The van der Waals surface area contributed by atoms with E-state index in [2.05, 4.69) is 0 Å². The van der Waals surface area contributed by atoms with Crippen LogP contribution >= 0.6 is 0 Å². The highest BCUT2D eigenvalue weighted by Gasteiger charge is 2.13. The first-order chi connectivity index (χ1) is 7.91. The molecule has 0 amide bonds. The van der Waals surface area contributed by atoms with E-state index in [1.807, 2.05) is 0 Å². The molecular weight excluding hydrogens is 226 g/mol. The maximum atomic E-state index is 11.6. The lowest BCUT2D eigenvalue weighted by molar-refractivity contribution is -0.384. The van der Waals surface area contributed by atoms with Crippen LogP contribution in [0.4, 0.5) is 5.69 Å². The average Bonchev–Trinajstić information content (AvgIpc) is 2.28. The van der Waals surface area contributed by atoms with Gasteiger partial charge in [0, 0.05) is 36.0 Å². The smallest absolute Gasteiger partial charge is 0.269 e. The fourth-order valence-electron chi connectivity index (χ4n) is 1.25. The van der Waals surface area contributed by atoms with E-state index in [0.717, 1.165) is 0 Å². The molecule has 1 rings (SSSR count). The van der Waals surface area contributed by atoms with Crippen LogP contribution in [-0.4, -0.2) is 16.7 Å². The summed E-state index contributed by atoms with van der Waals surface area (Å²) in [7, 11) is 0. The molecule has 90 valence electrons. The van der Waals surface area contributed by atoms with E-state index in [0.29, 0.717) is 0 Å². The number of carboxylic acids is 1. The number of nitro groups is 1. The van der Waals surface area contributed by atoms with Crippen LogP contribution in [0.15, 0.2) is 24.3 Å². The zero-order valence-electron chi connectivity index (χ0n) is 9.08. The molecular formula is C11H10NO5-. The number of nitro benzene ring substituents is 1. The third-order valence-electron chi connectivity index (χ3n) is 2.29. The predicted octanol–water partition coefficient (Wildman–Crippen LogP) is 0.554. The highest BCUT2D eigenvalue weighted by atomic mass is 16.6. The molecule has 1 aromatic rings. The Morgan fingerprint density at radius 2 is 1.82 bits per heavy atom. The van der Waals surface area contributed by atoms with Crippen LogP contribution in [-0.2, 0) is 4.79 Å². The van der Waals surface area contributed by atoms with Gasteiger partial charge in [0.2, 0.25) is 0 Å². The van der Waals surface area contributed by atoms with Gasteiger partial charge in [0.05, 0.1) is 4.92 Å². The molecule has 0 aliphatic carbocycles. The zero-order chi connectivity index (χ0) is 13.0. The zero-order valence-corrected chi connectivity index (χ0v) is 9.08. The highest BCUT2D eigenvalue weighted by molar-refractivity contribution is 5.97. The topological polar surface area (TPSA) is 100 Å². The number of non-ortho nitro benzene ring substituents is 1. The van der Waals surface area contributed by atoms with E-state index < -0.39 is 16.8 Å². The van der Waals surface area contributed by atoms with Crippen molar-refractivity contribution < 1.29 is 19.6 Å². The number of ketones is 1. The molecule has 6 nitrogen and oxygen atoms in total. The summed E-state index contributed by atoms with van der Waals surface area (Å²) in [5.41, 5.74) is 0.137. The third-order valence-corrected chi connectivity index (χ3v) is 2.29. The van der Waals surface area contributed by atoms with Crippen molar-refractivity contribution >= 4 is 17.4 Å². The first kappa shape index (κ1) is 12.8. The number of aliphatic carboxylic acids is 1. The molecule has 0 saturated heterocycles. The Labute approximate surface area is 97.0 Å². The molecule has 0 aromatic heterocycles. The number of hydrogen-bond donors (Lipinski definition) is 0. The summed E-state index contributed by atoms with van der Waals surface area (Å²) in [6.45, 7) is 1.37. The summed E-state index contributed by atoms with van der Waals surface area (Å²) < 4.78 is 0. The first-order valence-corrected chi connectivity index (χ1v) is 4.90. The van der Waals surface area contributed by atoms with Crippen molar-refractivity contribution in [2.24, 2.45) is 5.92 Å². The van der Waals surface area contributed by atoms with Gasteiger partial charge in [-0.2, -0.15) is 0 Å². The number of carbonyl (C=O) groups is 2. The summed E-state index contributed by atoms with van der Waals surface area (Å²) in [4.78, 5) is 31.8. The number of nitrogens with zero attached hydrogens (tertiary/aromatic N) is 1. The Morgan fingerprint density at radius 3 is 2.24 bits per heavy atom. The first-order valence-electron chi connectivity index (χ1n) is 4.90. The van der Waals surface area contributed by atoms with Crippen molar-refractivity contribution in [3.05, 3.63) is 39.9 Å². The van der Waals surface area contributed by atoms with Crippen molar-refractivity contribution in [3.63, 3.8) is 0 Å². The van der Waals surface area contributed by atoms with Crippen molar-refractivity contribution in [2.75, 3.05) is 0 Å². The molecule has 1 unspecified atom stereocenters. The molecule has 0 N–H and O–H groups in total. The lowest BCUT2D eigenvalue weighted by Gasteiger charge is -2.10. The van der Waals surface area contributed by atoms with Gasteiger partial charge in [-0.05, 0) is 12.1 Å². The van der Waals surface area contributed by atoms with Crippen LogP contribution in [0.1, 0.15) is 23.7 Å². The van der Waals surface area contributed by atoms with Gasteiger partial charge in [0.25, 0.3) is 5.69 Å². The molecule has 0 aliphatic rings. The predicted molar refractivity (Wildman–Crippen MR) is 56.2 cm³/mol. The lowest BCUT2D eigenvalue weighted by atomic mass is 10.00. The molecule has 0 radical (unpaired) electrons. The van der Waals surface area contributed by atoms with Crippen LogP contribution in [0, 0.1) is 16.0 Å². The van der Waals surface area contributed by atoms with E-state index in [1.165, 1.54) is 31.2 Å². The third kappa shape index (κ3) is 3.37. The van der Waals surface area contributed by atoms with E-state index in [-0.39, 0.29) is 23.5 Å². The molecule has 0 bridgehead atoms. The van der Waals surface area contributed by atoms with Crippen molar-refractivity contribution in [2.45, 2.75) is 13.3 Å². The van der Waals surface area contributed by atoms with Crippen LogP contribution in [0.2, 0.25) is 0 Å². The van der Waals surface area contributed by atoms with Gasteiger partial charge in [-0.15, -0.1) is 0 Å². The highest BCUT2D eigenvalue weighted by Crippen LogP contribution is 2.15. The summed E-state index contributed by atoms with van der Waals surface area (Å²) in [5.74, 6) is -2.55. The Balaban J connectivity index is 2.77. The number of Topliss-reactive ketones (excluding diaryl/α,β-unsaturated/α-hetero) is 1. The Bertz CT molecular complexity index is 451. The van der Waals surface area contributed by atoms with Crippen LogP contribution in [0.25, 0.3) is 0 Å². The molecule has 0 aliphatic heterocycles. The molecule has 0 heterocycles. The van der Waals surface area contributed by atoms with E-state index >= 15 is 0 Å². The summed E-state index contributed by atoms with van der Waals surface area (Å²) in [6.07, 6.45) is -0.180. The minimum atomic E-state index is -1.29. The standard InChI is InChI=1S/C11H11NO5/c1-7(11(14)15)6-10(13)8-2-4-9(5-3-8)12(16)17/h2-5,7H,6H2,1H3,(H,14,15)/p-1. The second kappa shape index (κ2) is 5.20. The number of hydrogen-bond acceptors (Lipinski definition) is 5. The number of rotatable bonds is 5. The van der Waals surface area contributed by atoms with Gasteiger partial charge in [0.1, 0.15) is 0 Å². The number of benzene rings is 1. The Morgan fingerprint density at radius 1 is 1.29 bits per heavy atom. The normalized spacial score (nSPS) is 11.8. The van der Waals surface area contributed by atoms with Crippen molar-refractivity contribution in [1.82, 2.24) is 0 Å². The largest absolute Gasteiger partial charge is 0.550 e. The minimum absolute atomic E-state index is 0.116. The summed E-state index contributed by atoms with van der Waals surface area (Å²) in [5, 5.41) is 20.8. The van der Waals surface area contributed by atoms with Crippen LogP contribution in [0.5, 0.6) is 0 Å². The molecule has 1 atom stereocenters. The maximum absolute atomic E-state index is 11.6. The fourth-order valence-corrected chi connectivity index (χ4v) is 1.25. The average molecular weight is 236 g/mol. The van der Waals surface area contributed by atoms with Gasteiger partial charge in [-0.25, -0.2) is 0 Å². The maximum Gasteiger partial charge on any atom is 0.269 e. The second-order valence-corrected chi connectivity index (χ2v) is 3.65. The summed E-state index contributed by atoms with van der Waals surface area (Å²) >= 11 is 0. The van der Waals surface area contributed by atoms with E-state index in [1.54, 1.807) is 0 Å². The van der Waals surface area contributed by atoms with Crippen molar-refractivity contribution in [3.8, 4) is 0 Å². The molecule has 0 spiro atoms. The monoisotopic (exact) mass is 236 g/mol. The van der Waals surface area contributed by atoms with Gasteiger partial charge in [-0.1, -0.05) is 6.92 Å². The Kier molecular flexibility index (Phi) is 3.92. The van der Waals surface area contributed by atoms with Crippen LogP contribution in [0.3, 0.4) is 0 Å². The molecule has 0 saturated carbocycles. The van der Waals surface area contributed by atoms with Gasteiger partial charge in [-0.3, -0.25) is 14.9 Å². The van der Waals surface area contributed by atoms with Crippen LogP contribution < -0.4 is 5.11 Å². The van der Waals surface area contributed by atoms with E-state index in [4.69, 9.17) is 0 Å². The molecule has 1 aromatic carbocycles. The minimum Gasteiger partial charge on any atom is -0.550 e. The number of carboxylic acid groups (broad SMARTS) is 1. The van der Waals surface area contributed by atoms with Gasteiger partial charge in [0.15, 0.2) is 5.78 Å². The van der Waals surface area contributed by atoms with Gasteiger partial charge < -0.3 is 9.90 Å². The van der Waals surface area contributed by atoms with Gasteiger partial charge >= 0.3 is 0 Å². The number of carbonyl (C=O) groups excluding carboxylic acids is 2. The fraction of sp³-hybridized carbons (Fsp3) is 0.273. The molecule has 0 fully saturated rings. The second-order valence-electron chi connectivity index (χ2n) is 3.65. The quantitative estimate of drug-likeness (QED) is 0.422. The SMILES string of the molecule is CC(CC(=O)c1ccc([N+](=O)[O-])cc1)C(=O)[O-]. The summed E-state index contributed by atoms with van der Waals surface area (Å²) in [6, 6.07) is 5.03.